The Bertz CT molecular complexity index is 568. The first-order valence-corrected chi connectivity index (χ1v) is 6.24. The molecule has 0 fully saturated rings. The summed E-state index contributed by atoms with van der Waals surface area (Å²) in [5.41, 5.74) is 0.778. The lowest BCUT2D eigenvalue weighted by atomic mass is 10.2. The van der Waals surface area contributed by atoms with Gasteiger partial charge >= 0.3 is 0 Å². The highest BCUT2D eigenvalue weighted by Gasteiger charge is 2.20. The van der Waals surface area contributed by atoms with Crippen molar-refractivity contribution in [2.24, 2.45) is 0 Å². The highest BCUT2D eigenvalue weighted by atomic mass is 16.6. The summed E-state index contributed by atoms with van der Waals surface area (Å²) >= 11 is 0. The van der Waals surface area contributed by atoms with E-state index in [1.165, 1.54) is 0 Å². The van der Waals surface area contributed by atoms with Gasteiger partial charge in [0.05, 0.1) is 5.56 Å². The van der Waals surface area contributed by atoms with Crippen molar-refractivity contribution < 1.29 is 13.9 Å². The predicted molar refractivity (Wildman–Crippen MR) is 68.4 cm³/mol. The standard InChI is InChI=1S/C13H15N3O3/c1-14-6-5-11-15-16-13(19-11)9-3-2-4-10-12(9)18-8-7-17-10/h2-4,14H,5-8H2,1H3. The van der Waals surface area contributed by atoms with Gasteiger partial charge in [0.25, 0.3) is 5.89 Å². The second-order valence-electron chi connectivity index (χ2n) is 4.18. The smallest absolute Gasteiger partial charge is 0.251 e. The number of hydrogen-bond acceptors (Lipinski definition) is 6. The lowest BCUT2D eigenvalue weighted by molar-refractivity contribution is 0.172. The van der Waals surface area contributed by atoms with Gasteiger partial charge in [-0.1, -0.05) is 6.07 Å². The largest absolute Gasteiger partial charge is 0.486 e. The zero-order chi connectivity index (χ0) is 13.1. The maximum Gasteiger partial charge on any atom is 0.251 e. The fourth-order valence-electron chi connectivity index (χ4n) is 1.94. The zero-order valence-electron chi connectivity index (χ0n) is 10.7. The molecule has 0 saturated carbocycles. The summed E-state index contributed by atoms with van der Waals surface area (Å²) in [4.78, 5) is 0. The van der Waals surface area contributed by atoms with E-state index >= 15 is 0 Å². The van der Waals surface area contributed by atoms with Gasteiger partial charge in [0, 0.05) is 13.0 Å². The number of hydrogen-bond donors (Lipinski definition) is 1. The fourth-order valence-corrected chi connectivity index (χ4v) is 1.94. The molecule has 0 amide bonds. The molecule has 1 N–H and O–H groups in total. The van der Waals surface area contributed by atoms with Crippen LogP contribution in [0.1, 0.15) is 5.89 Å². The Morgan fingerprint density at radius 3 is 3.00 bits per heavy atom. The molecule has 2 aromatic rings. The van der Waals surface area contributed by atoms with Crippen molar-refractivity contribution in [3.05, 3.63) is 24.1 Å². The van der Waals surface area contributed by atoms with E-state index < -0.39 is 0 Å². The molecule has 0 atom stereocenters. The van der Waals surface area contributed by atoms with Crippen molar-refractivity contribution in [3.63, 3.8) is 0 Å². The molecule has 0 saturated heterocycles. The Morgan fingerprint density at radius 2 is 2.11 bits per heavy atom. The number of nitrogens with one attached hydrogen (secondary N) is 1. The minimum Gasteiger partial charge on any atom is -0.486 e. The third kappa shape index (κ3) is 2.39. The van der Waals surface area contributed by atoms with Gasteiger partial charge in [-0.15, -0.1) is 10.2 Å². The molecule has 1 aromatic heterocycles. The Balaban J connectivity index is 1.91. The summed E-state index contributed by atoms with van der Waals surface area (Å²) in [6.07, 6.45) is 0.704. The molecule has 1 aliphatic rings. The van der Waals surface area contributed by atoms with Gasteiger partial charge in [-0.25, -0.2) is 0 Å². The maximum atomic E-state index is 5.64. The van der Waals surface area contributed by atoms with Crippen LogP contribution in [0.2, 0.25) is 0 Å². The van der Waals surface area contributed by atoms with Crippen LogP contribution in [-0.4, -0.2) is 37.0 Å². The van der Waals surface area contributed by atoms with Crippen molar-refractivity contribution in [3.8, 4) is 23.0 Å². The average Bonchev–Trinajstić information content (AvgIpc) is 2.93. The zero-order valence-corrected chi connectivity index (χ0v) is 10.7. The number of ether oxygens (including phenoxy) is 2. The predicted octanol–water partition coefficient (Wildman–Crippen LogP) is 1.27. The van der Waals surface area contributed by atoms with Crippen molar-refractivity contribution in [2.45, 2.75) is 6.42 Å². The minimum atomic E-state index is 0.466. The Hall–Kier alpha value is -2.08. The number of fused-ring (bicyclic) bond motifs is 1. The van der Waals surface area contributed by atoms with Crippen LogP contribution in [-0.2, 0) is 6.42 Å². The molecule has 2 heterocycles. The maximum absolute atomic E-state index is 5.64. The molecule has 0 unspecified atom stereocenters. The van der Waals surface area contributed by atoms with Crippen LogP contribution in [0.5, 0.6) is 11.5 Å². The number of likely N-dealkylation sites (N-methyl/N-ethyl adjacent to an activating group) is 1. The summed E-state index contributed by atoms with van der Waals surface area (Å²) < 4.78 is 16.8. The first-order valence-electron chi connectivity index (χ1n) is 6.24. The van der Waals surface area contributed by atoms with Gasteiger partial charge in [0.2, 0.25) is 5.89 Å². The Morgan fingerprint density at radius 1 is 1.21 bits per heavy atom. The van der Waals surface area contributed by atoms with Crippen LogP contribution in [0.25, 0.3) is 11.5 Å². The lowest BCUT2D eigenvalue weighted by Crippen LogP contribution is -2.15. The molecule has 19 heavy (non-hydrogen) atoms. The van der Waals surface area contributed by atoms with E-state index in [0.29, 0.717) is 37.2 Å². The van der Waals surface area contributed by atoms with Gasteiger partial charge in [0.15, 0.2) is 11.5 Å². The summed E-state index contributed by atoms with van der Waals surface area (Å²) in [6, 6.07) is 5.65. The highest BCUT2D eigenvalue weighted by Crippen LogP contribution is 2.39. The highest BCUT2D eigenvalue weighted by molar-refractivity contribution is 5.67. The van der Waals surface area contributed by atoms with E-state index in [0.717, 1.165) is 17.9 Å². The number of para-hydroxylation sites is 1. The molecule has 1 aliphatic heterocycles. The van der Waals surface area contributed by atoms with Crippen LogP contribution >= 0.6 is 0 Å². The van der Waals surface area contributed by atoms with Crippen LogP contribution in [0, 0.1) is 0 Å². The Kier molecular flexibility index (Phi) is 3.33. The first kappa shape index (κ1) is 12.0. The van der Waals surface area contributed by atoms with Crippen molar-refractivity contribution >= 4 is 0 Å². The molecular formula is C13H15N3O3. The van der Waals surface area contributed by atoms with Gasteiger partial charge in [-0.3, -0.25) is 0 Å². The third-order valence-corrected chi connectivity index (χ3v) is 2.85. The number of nitrogens with zero attached hydrogens (tertiary/aromatic N) is 2. The number of benzene rings is 1. The number of rotatable bonds is 4. The van der Waals surface area contributed by atoms with E-state index in [1.54, 1.807) is 0 Å². The molecule has 0 aliphatic carbocycles. The monoisotopic (exact) mass is 261 g/mol. The second kappa shape index (κ2) is 5.27. The van der Waals surface area contributed by atoms with Crippen molar-refractivity contribution in [1.82, 2.24) is 15.5 Å². The van der Waals surface area contributed by atoms with Gasteiger partial charge in [-0.2, -0.15) is 0 Å². The van der Waals surface area contributed by atoms with Gasteiger partial charge < -0.3 is 19.2 Å². The summed E-state index contributed by atoms with van der Waals surface area (Å²) in [7, 11) is 1.88. The van der Waals surface area contributed by atoms with Crippen molar-refractivity contribution in [1.29, 1.82) is 0 Å². The van der Waals surface area contributed by atoms with E-state index in [1.807, 2.05) is 25.2 Å². The molecule has 0 radical (unpaired) electrons. The topological polar surface area (TPSA) is 69.4 Å². The van der Waals surface area contributed by atoms with Gasteiger partial charge in [-0.05, 0) is 19.2 Å². The first-order chi connectivity index (χ1) is 9.38. The van der Waals surface area contributed by atoms with E-state index in [-0.39, 0.29) is 0 Å². The molecule has 100 valence electrons. The number of aromatic nitrogens is 2. The quantitative estimate of drug-likeness (QED) is 0.893. The molecule has 0 spiro atoms. The van der Waals surface area contributed by atoms with E-state index in [4.69, 9.17) is 13.9 Å². The molecule has 1 aromatic carbocycles. The van der Waals surface area contributed by atoms with Crippen LogP contribution in [0.15, 0.2) is 22.6 Å². The summed E-state index contributed by atoms with van der Waals surface area (Å²) in [6.45, 7) is 1.90. The summed E-state index contributed by atoms with van der Waals surface area (Å²) in [5, 5.41) is 11.1. The van der Waals surface area contributed by atoms with E-state index in [2.05, 4.69) is 15.5 Å². The minimum absolute atomic E-state index is 0.466. The molecule has 6 nitrogen and oxygen atoms in total. The average molecular weight is 261 g/mol. The van der Waals surface area contributed by atoms with E-state index in [9.17, 15) is 0 Å². The normalized spacial score (nSPS) is 13.5. The molecule has 6 heteroatoms. The Labute approximate surface area is 110 Å². The SMILES string of the molecule is CNCCc1nnc(-c2cccc3c2OCCO3)o1. The molecule has 3 rings (SSSR count). The molecule has 0 bridgehead atoms. The van der Waals surface area contributed by atoms with Crippen LogP contribution < -0.4 is 14.8 Å². The fraction of sp³-hybridized carbons (Fsp3) is 0.385. The summed E-state index contributed by atoms with van der Waals surface area (Å²) in [5.74, 6) is 2.48. The van der Waals surface area contributed by atoms with Crippen LogP contribution in [0.3, 0.4) is 0 Å². The third-order valence-electron chi connectivity index (χ3n) is 2.85. The van der Waals surface area contributed by atoms with Gasteiger partial charge in [0.1, 0.15) is 13.2 Å². The lowest BCUT2D eigenvalue weighted by Gasteiger charge is -2.19. The second-order valence-corrected chi connectivity index (χ2v) is 4.18. The molecular weight excluding hydrogens is 246 g/mol. The van der Waals surface area contributed by atoms with Crippen molar-refractivity contribution in [2.75, 3.05) is 26.8 Å². The van der Waals surface area contributed by atoms with Crippen LogP contribution in [0.4, 0.5) is 0 Å².